The van der Waals surface area contributed by atoms with Crippen molar-refractivity contribution in [2.45, 2.75) is 26.7 Å². The lowest BCUT2D eigenvalue weighted by Crippen LogP contribution is -2.22. The Bertz CT molecular complexity index is 1080. The van der Waals surface area contributed by atoms with E-state index < -0.39 is 35.1 Å². The molecule has 1 heterocycles. The molecule has 1 aliphatic rings. The molecule has 1 aliphatic heterocycles. The molecule has 0 radical (unpaired) electrons. The molecule has 0 aliphatic carbocycles. The van der Waals surface area contributed by atoms with Crippen LogP contribution in [0.15, 0.2) is 36.4 Å². The molecule has 174 valence electrons. The minimum atomic E-state index is -0.972. The Kier molecular flexibility index (Phi) is 7.60. The first-order valence-electron chi connectivity index (χ1n) is 10.6. The quantitative estimate of drug-likeness (QED) is 0.364. The van der Waals surface area contributed by atoms with Gasteiger partial charge in [-0.25, -0.2) is 9.59 Å². The molecule has 1 N–H and O–H groups in total. The summed E-state index contributed by atoms with van der Waals surface area (Å²) in [6.45, 7) is 4.96. The van der Waals surface area contributed by atoms with Gasteiger partial charge in [-0.15, -0.1) is 0 Å². The van der Waals surface area contributed by atoms with Gasteiger partial charge in [0.15, 0.2) is 6.61 Å². The number of nitrogens with zero attached hydrogens (tertiary/aromatic N) is 2. The van der Waals surface area contributed by atoms with Crippen molar-refractivity contribution in [3.8, 4) is 0 Å². The molecule has 0 saturated carbocycles. The second kappa shape index (κ2) is 10.6. The van der Waals surface area contributed by atoms with Crippen LogP contribution in [-0.4, -0.2) is 49.1 Å². The number of aryl methyl sites for hydroxylation is 1. The van der Waals surface area contributed by atoms with Gasteiger partial charge in [-0.05, 0) is 56.5 Å². The summed E-state index contributed by atoms with van der Waals surface area (Å²) in [5.74, 6) is -2.34. The maximum absolute atomic E-state index is 12.4. The van der Waals surface area contributed by atoms with Crippen LogP contribution in [0.3, 0.4) is 0 Å². The highest BCUT2D eigenvalue weighted by Crippen LogP contribution is 2.25. The average molecular weight is 455 g/mol. The third kappa shape index (κ3) is 6.06. The number of nitro groups is 1. The molecule has 1 fully saturated rings. The lowest BCUT2D eigenvalue weighted by Gasteiger charge is -2.19. The number of esters is 2. The summed E-state index contributed by atoms with van der Waals surface area (Å²) in [6, 6.07) is 8.84. The highest BCUT2D eigenvalue weighted by atomic mass is 16.6. The lowest BCUT2D eigenvalue weighted by atomic mass is 10.1. The minimum Gasteiger partial charge on any atom is -0.462 e. The van der Waals surface area contributed by atoms with Crippen molar-refractivity contribution in [3.63, 3.8) is 0 Å². The van der Waals surface area contributed by atoms with Crippen LogP contribution in [0.25, 0.3) is 0 Å². The zero-order valence-corrected chi connectivity index (χ0v) is 18.5. The highest BCUT2D eigenvalue weighted by Gasteiger charge is 2.20. The molecular weight excluding hydrogens is 430 g/mol. The van der Waals surface area contributed by atoms with Crippen LogP contribution < -0.4 is 10.2 Å². The number of hydrogen-bond donors (Lipinski definition) is 1. The number of carbonyl (C=O) groups excluding carboxylic acids is 3. The molecule has 0 atom stereocenters. The minimum absolute atomic E-state index is 0.0693. The van der Waals surface area contributed by atoms with Crippen molar-refractivity contribution in [1.29, 1.82) is 0 Å². The molecule has 0 aromatic heterocycles. The first-order chi connectivity index (χ1) is 15.8. The van der Waals surface area contributed by atoms with Gasteiger partial charge in [0.25, 0.3) is 11.6 Å². The van der Waals surface area contributed by atoms with Crippen molar-refractivity contribution >= 4 is 34.9 Å². The molecule has 1 saturated heterocycles. The number of non-ortho nitro benzene ring substituents is 1. The SMILES string of the molecule is CCOC(=O)c1cc(C(=O)OCC(=O)Nc2ccc(N3CCCC3)cc2C)cc([N+](=O)[O-])c1. The molecule has 0 unspecified atom stereocenters. The number of anilines is 2. The summed E-state index contributed by atoms with van der Waals surface area (Å²) in [7, 11) is 0. The Morgan fingerprint density at radius 2 is 1.67 bits per heavy atom. The Morgan fingerprint density at radius 1 is 1.03 bits per heavy atom. The van der Waals surface area contributed by atoms with Gasteiger partial charge in [0.05, 0.1) is 22.7 Å². The fourth-order valence-electron chi connectivity index (χ4n) is 3.53. The topological polar surface area (TPSA) is 128 Å². The van der Waals surface area contributed by atoms with Crippen LogP contribution in [0, 0.1) is 17.0 Å². The summed E-state index contributed by atoms with van der Waals surface area (Å²) in [5.41, 5.74) is 1.71. The highest BCUT2D eigenvalue weighted by molar-refractivity contribution is 5.98. The van der Waals surface area contributed by atoms with Gasteiger partial charge in [0, 0.05) is 36.6 Å². The molecule has 33 heavy (non-hydrogen) atoms. The zero-order chi connectivity index (χ0) is 24.0. The van der Waals surface area contributed by atoms with E-state index in [-0.39, 0.29) is 17.7 Å². The van der Waals surface area contributed by atoms with E-state index in [1.54, 1.807) is 13.0 Å². The molecule has 10 heteroatoms. The van der Waals surface area contributed by atoms with E-state index in [4.69, 9.17) is 9.47 Å². The molecular formula is C23H25N3O7. The van der Waals surface area contributed by atoms with E-state index >= 15 is 0 Å². The third-order valence-corrected chi connectivity index (χ3v) is 5.17. The molecule has 2 aromatic rings. The maximum Gasteiger partial charge on any atom is 0.338 e. The summed E-state index contributed by atoms with van der Waals surface area (Å²) >= 11 is 0. The van der Waals surface area contributed by atoms with Gasteiger partial charge in [0.1, 0.15) is 0 Å². The average Bonchev–Trinajstić information content (AvgIpc) is 3.33. The standard InChI is InChI=1S/C23H25N3O7/c1-3-32-22(28)16-11-17(13-19(12-16)26(30)31)23(29)33-14-21(27)24-20-7-6-18(10-15(20)2)25-8-4-5-9-25/h6-7,10-13H,3-5,8-9,14H2,1-2H3,(H,24,27). The first-order valence-corrected chi connectivity index (χ1v) is 10.6. The van der Waals surface area contributed by atoms with Crippen molar-refractivity contribution in [3.05, 3.63) is 63.2 Å². The third-order valence-electron chi connectivity index (χ3n) is 5.17. The van der Waals surface area contributed by atoms with E-state index in [0.29, 0.717) is 5.69 Å². The summed E-state index contributed by atoms with van der Waals surface area (Å²) in [5, 5.41) is 13.8. The predicted octanol–water partition coefficient (Wildman–Crippen LogP) is 3.48. The molecule has 0 bridgehead atoms. The van der Waals surface area contributed by atoms with Crippen molar-refractivity contribution in [1.82, 2.24) is 0 Å². The molecule has 10 nitrogen and oxygen atoms in total. The summed E-state index contributed by atoms with van der Waals surface area (Å²) < 4.78 is 9.84. The van der Waals surface area contributed by atoms with Crippen molar-refractivity contribution < 1.29 is 28.8 Å². The van der Waals surface area contributed by atoms with Crippen LogP contribution in [0.1, 0.15) is 46.0 Å². The predicted molar refractivity (Wildman–Crippen MR) is 121 cm³/mol. The Labute approximate surface area is 190 Å². The largest absolute Gasteiger partial charge is 0.462 e. The van der Waals surface area contributed by atoms with Gasteiger partial charge in [0.2, 0.25) is 0 Å². The van der Waals surface area contributed by atoms with E-state index in [1.165, 1.54) is 0 Å². The number of benzene rings is 2. The normalized spacial score (nSPS) is 12.8. The summed E-state index contributed by atoms with van der Waals surface area (Å²) in [4.78, 5) is 49.3. The monoisotopic (exact) mass is 455 g/mol. The van der Waals surface area contributed by atoms with Gasteiger partial charge in [-0.3, -0.25) is 14.9 Å². The number of nitro benzene ring substituents is 1. The maximum atomic E-state index is 12.4. The number of nitrogens with one attached hydrogen (secondary N) is 1. The number of hydrogen-bond acceptors (Lipinski definition) is 8. The Morgan fingerprint density at radius 3 is 2.24 bits per heavy atom. The number of carbonyl (C=O) groups is 3. The van der Waals surface area contributed by atoms with E-state index in [2.05, 4.69) is 10.2 Å². The van der Waals surface area contributed by atoms with E-state index in [9.17, 15) is 24.5 Å². The molecule has 0 spiro atoms. The summed E-state index contributed by atoms with van der Waals surface area (Å²) in [6.07, 6.45) is 2.32. The Balaban J connectivity index is 1.63. The van der Waals surface area contributed by atoms with Crippen LogP contribution in [0.5, 0.6) is 0 Å². The van der Waals surface area contributed by atoms with Crippen LogP contribution in [0.4, 0.5) is 17.1 Å². The second-order valence-electron chi connectivity index (χ2n) is 7.56. The smallest absolute Gasteiger partial charge is 0.338 e. The molecule has 1 amide bonds. The van der Waals surface area contributed by atoms with Crippen LogP contribution in [0.2, 0.25) is 0 Å². The number of amides is 1. The van der Waals surface area contributed by atoms with Gasteiger partial charge < -0.3 is 19.7 Å². The van der Waals surface area contributed by atoms with Crippen molar-refractivity contribution in [2.75, 3.05) is 36.5 Å². The second-order valence-corrected chi connectivity index (χ2v) is 7.56. The van der Waals surface area contributed by atoms with Gasteiger partial charge in [-0.1, -0.05) is 0 Å². The Hall–Kier alpha value is -3.95. The van der Waals surface area contributed by atoms with Gasteiger partial charge in [-0.2, -0.15) is 0 Å². The van der Waals surface area contributed by atoms with Crippen LogP contribution >= 0.6 is 0 Å². The fraction of sp³-hybridized carbons (Fsp3) is 0.348. The number of rotatable bonds is 8. The number of ether oxygens (including phenoxy) is 2. The van der Waals surface area contributed by atoms with E-state index in [1.807, 2.05) is 19.1 Å². The fourth-order valence-corrected chi connectivity index (χ4v) is 3.53. The molecule has 2 aromatic carbocycles. The lowest BCUT2D eigenvalue weighted by molar-refractivity contribution is -0.384. The van der Waals surface area contributed by atoms with E-state index in [0.717, 1.165) is 55.4 Å². The zero-order valence-electron chi connectivity index (χ0n) is 18.5. The first kappa shape index (κ1) is 23.7. The van der Waals surface area contributed by atoms with Crippen LogP contribution in [-0.2, 0) is 14.3 Å². The van der Waals surface area contributed by atoms with Crippen molar-refractivity contribution in [2.24, 2.45) is 0 Å². The van der Waals surface area contributed by atoms with Gasteiger partial charge >= 0.3 is 11.9 Å². The molecule has 3 rings (SSSR count).